The van der Waals surface area contributed by atoms with Gasteiger partial charge < -0.3 is 5.32 Å². The number of rotatable bonds is 6. The van der Waals surface area contributed by atoms with Gasteiger partial charge in [0.25, 0.3) is 5.56 Å². The van der Waals surface area contributed by atoms with E-state index in [1.54, 1.807) is 4.40 Å². The highest BCUT2D eigenvalue weighted by Crippen LogP contribution is 2.20. The van der Waals surface area contributed by atoms with Crippen LogP contribution in [-0.2, 0) is 4.79 Å². The molecule has 2 N–H and O–H groups in total. The Morgan fingerprint density at radius 3 is 2.88 bits per heavy atom. The van der Waals surface area contributed by atoms with Gasteiger partial charge in [-0.05, 0) is 25.0 Å². The maximum Gasteiger partial charge on any atom is 0.254 e. The van der Waals surface area contributed by atoms with Crippen molar-refractivity contribution in [2.75, 3.05) is 5.32 Å². The van der Waals surface area contributed by atoms with Crippen LogP contribution in [0.1, 0.15) is 39.5 Å². The Morgan fingerprint density at radius 2 is 2.12 bits per heavy atom. The average molecular weight is 326 g/mol. The molecule has 0 aliphatic carbocycles. The number of carbonyl (C=O) groups excluding carboxylic acids is 1. The summed E-state index contributed by atoms with van der Waals surface area (Å²) in [6.45, 7) is 4.13. The molecule has 2 heterocycles. The number of imidazole rings is 1. The second kappa shape index (κ2) is 6.86. The molecule has 2 aromatic heterocycles. The number of aromatic amines is 1. The molecular formula is C18H22N4O2. The van der Waals surface area contributed by atoms with Crippen LogP contribution in [-0.4, -0.2) is 20.3 Å². The van der Waals surface area contributed by atoms with Gasteiger partial charge in [-0.25, -0.2) is 4.98 Å². The molecule has 0 unspecified atom stereocenters. The first-order valence-corrected chi connectivity index (χ1v) is 8.45. The quantitative estimate of drug-likeness (QED) is 0.729. The summed E-state index contributed by atoms with van der Waals surface area (Å²) in [6, 6.07) is 9.00. The van der Waals surface area contributed by atoms with Crippen LogP contribution in [0, 0.1) is 5.92 Å². The summed E-state index contributed by atoms with van der Waals surface area (Å²) >= 11 is 0. The fraction of sp³-hybridized carbons (Fsp3) is 0.389. The maximum absolute atomic E-state index is 12.6. The Morgan fingerprint density at radius 1 is 1.33 bits per heavy atom. The van der Waals surface area contributed by atoms with Crippen molar-refractivity contribution in [3.05, 3.63) is 40.7 Å². The van der Waals surface area contributed by atoms with Gasteiger partial charge in [0, 0.05) is 12.0 Å². The third-order valence-corrected chi connectivity index (χ3v) is 4.33. The summed E-state index contributed by atoms with van der Waals surface area (Å²) in [4.78, 5) is 31.6. The van der Waals surface area contributed by atoms with Crippen LogP contribution < -0.4 is 10.9 Å². The summed E-state index contributed by atoms with van der Waals surface area (Å²) in [6.07, 6.45) is 3.72. The summed E-state index contributed by atoms with van der Waals surface area (Å²) < 4.78 is 1.78. The number of nitrogens with zero attached hydrogens (tertiary/aromatic N) is 2. The standard InChI is InChI=1S/C18H22N4O2/c1-3-5-8-12(4-2)17(24)20-15-11-16(23)21-18-19-13-9-6-7-10-14(13)22(15)18/h6-7,9-12H,3-5,8H2,1-2H3,(H,20,24)(H,19,21,23)/t12-/m1/s1. The first-order valence-electron chi connectivity index (χ1n) is 8.45. The summed E-state index contributed by atoms with van der Waals surface area (Å²) in [5.41, 5.74) is 1.34. The summed E-state index contributed by atoms with van der Waals surface area (Å²) in [5, 5.41) is 2.93. The van der Waals surface area contributed by atoms with Crippen LogP contribution in [0.4, 0.5) is 5.82 Å². The van der Waals surface area contributed by atoms with Gasteiger partial charge in [-0.15, -0.1) is 0 Å². The van der Waals surface area contributed by atoms with E-state index in [0.717, 1.165) is 36.7 Å². The van der Waals surface area contributed by atoms with E-state index in [4.69, 9.17) is 0 Å². The van der Waals surface area contributed by atoms with Crippen LogP contribution in [0.3, 0.4) is 0 Å². The van der Waals surface area contributed by atoms with Crippen LogP contribution in [0.25, 0.3) is 16.8 Å². The SMILES string of the molecule is CCCC[C@@H](CC)C(=O)Nc1cc(=O)[nH]c2nc3ccccc3n12. The van der Waals surface area contributed by atoms with Crippen molar-refractivity contribution >= 4 is 28.5 Å². The molecule has 3 aromatic rings. The molecule has 0 spiro atoms. The predicted octanol–water partition coefficient (Wildman–Crippen LogP) is 3.33. The van der Waals surface area contributed by atoms with E-state index >= 15 is 0 Å². The predicted molar refractivity (Wildman–Crippen MR) is 95.3 cm³/mol. The topological polar surface area (TPSA) is 79.3 Å². The van der Waals surface area contributed by atoms with E-state index < -0.39 is 0 Å². The van der Waals surface area contributed by atoms with E-state index in [0.29, 0.717) is 11.6 Å². The lowest BCUT2D eigenvalue weighted by molar-refractivity contribution is -0.120. The lowest BCUT2D eigenvalue weighted by atomic mass is 9.98. The number of hydrogen-bond donors (Lipinski definition) is 2. The Kier molecular flexibility index (Phi) is 4.64. The highest BCUT2D eigenvalue weighted by molar-refractivity contribution is 5.93. The molecule has 0 fully saturated rings. The van der Waals surface area contributed by atoms with E-state index in [2.05, 4.69) is 22.2 Å². The number of aromatic nitrogens is 3. The molecule has 0 saturated heterocycles. The fourth-order valence-corrected chi connectivity index (χ4v) is 2.98. The zero-order chi connectivity index (χ0) is 17.1. The molecule has 0 saturated carbocycles. The third kappa shape index (κ3) is 3.04. The normalized spacial score (nSPS) is 12.6. The number of H-pyrrole nitrogens is 1. The van der Waals surface area contributed by atoms with Gasteiger partial charge >= 0.3 is 0 Å². The van der Waals surface area contributed by atoms with Crippen LogP contribution in [0.2, 0.25) is 0 Å². The average Bonchev–Trinajstić information content (AvgIpc) is 2.93. The third-order valence-electron chi connectivity index (χ3n) is 4.33. The number of benzene rings is 1. The molecule has 0 bridgehead atoms. The van der Waals surface area contributed by atoms with Crippen LogP contribution in [0.5, 0.6) is 0 Å². The summed E-state index contributed by atoms with van der Waals surface area (Å²) in [5.74, 6) is 0.799. The Balaban J connectivity index is 2.02. The van der Waals surface area contributed by atoms with Crippen molar-refractivity contribution in [1.29, 1.82) is 0 Å². The van der Waals surface area contributed by atoms with Gasteiger partial charge in [0.05, 0.1) is 11.0 Å². The fourth-order valence-electron chi connectivity index (χ4n) is 2.98. The maximum atomic E-state index is 12.6. The second-order valence-corrected chi connectivity index (χ2v) is 6.02. The Bertz CT molecular complexity index is 926. The molecule has 24 heavy (non-hydrogen) atoms. The highest BCUT2D eigenvalue weighted by Gasteiger charge is 2.18. The molecule has 0 aliphatic rings. The van der Waals surface area contributed by atoms with Crippen molar-refractivity contribution in [2.45, 2.75) is 39.5 Å². The molecule has 0 radical (unpaired) electrons. The van der Waals surface area contributed by atoms with Gasteiger partial charge in [0.2, 0.25) is 11.7 Å². The lowest BCUT2D eigenvalue weighted by Gasteiger charge is -2.15. The number of nitrogens with one attached hydrogen (secondary N) is 2. The van der Waals surface area contributed by atoms with Gasteiger partial charge in [0.15, 0.2) is 0 Å². The van der Waals surface area contributed by atoms with E-state index in [-0.39, 0.29) is 17.4 Å². The number of para-hydroxylation sites is 2. The largest absolute Gasteiger partial charge is 0.311 e. The van der Waals surface area contributed by atoms with Gasteiger partial charge in [-0.2, -0.15) is 0 Å². The molecular weight excluding hydrogens is 304 g/mol. The molecule has 0 aliphatic heterocycles. The minimum absolute atomic E-state index is 0.0457. The van der Waals surface area contributed by atoms with Gasteiger partial charge in [0.1, 0.15) is 5.82 Å². The molecule has 1 amide bonds. The monoisotopic (exact) mass is 326 g/mol. The van der Waals surface area contributed by atoms with Crippen LogP contribution in [0.15, 0.2) is 35.1 Å². The Hall–Kier alpha value is -2.63. The number of fused-ring (bicyclic) bond motifs is 3. The van der Waals surface area contributed by atoms with Gasteiger partial charge in [-0.3, -0.25) is 19.0 Å². The summed E-state index contributed by atoms with van der Waals surface area (Å²) in [7, 11) is 0. The number of amides is 1. The first-order chi connectivity index (χ1) is 11.6. The number of hydrogen-bond acceptors (Lipinski definition) is 3. The van der Waals surface area contributed by atoms with E-state index in [1.165, 1.54) is 6.07 Å². The van der Waals surface area contributed by atoms with Crippen molar-refractivity contribution in [1.82, 2.24) is 14.4 Å². The molecule has 126 valence electrons. The van der Waals surface area contributed by atoms with Crippen molar-refractivity contribution in [3.8, 4) is 0 Å². The molecule has 3 rings (SSSR count). The molecule has 1 aromatic carbocycles. The minimum atomic E-state index is -0.283. The van der Waals surface area contributed by atoms with Crippen LogP contribution >= 0.6 is 0 Å². The molecule has 6 nitrogen and oxygen atoms in total. The molecule has 6 heteroatoms. The zero-order valence-electron chi connectivity index (χ0n) is 14.0. The first kappa shape index (κ1) is 16.2. The number of unbranched alkanes of at least 4 members (excludes halogenated alkanes) is 1. The van der Waals surface area contributed by atoms with E-state index in [9.17, 15) is 9.59 Å². The number of carbonyl (C=O) groups is 1. The zero-order valence-corrected chi connectivity index (χ0v) is 14.0. The highest BCUT2D eigenvalue weighted by atomic mass is 16.2. The Labute approximate surface area is 139 Å². The number of anilines is 1. The van der Waals surface area contributed by atoms with E-state index in [1.807, 2.05) is 31.2 Å². The van der Waals surface area contributed by atoms with Crippen molar-refractivity contribution in [3.63, 3.8) is 0 Å². The molecule has 1 atom stereocenters. The second-order valence-electron chi connectivity index (χ2n) is 6.02. The smallest absolute Gasteiger partial charge is 0.254 e. The van der Waals surface area contributed by atoms with Gasteiger partial charge in [-0.1, -0.05) is 38.8 Å². The lowest BCUT2D eigenvalue weighted by Crippen LogP contribution is -2.25. The minimum Gasteiger partial charge on any atom is -0.311 e. The van der Waals surface area contributed by atoms with Crippen molar-refractivity contribution in [2.24, 2.45) is 5.92 Å². The van der Waals surface area contributed by atoms with Crippen molar-refractivity contribution < 1.29 is 4.79 Å².